The van der Waals surface area contributed by atoms with E-state index in [1.165, 1.54) is 5.56 Å². The van der Waals surface area contributed by atoms with E-state index < -0.39 is 0 Å². The fraction of sp³-hybridized carbons (Fsp3) is 0.118. The highest BCUT2D eigenvalue weighted by Gasteiger charge is 2.04. The molecule has 1 aromatic heterocycles. The number of hydrogen-bond donors (Lipinski definition) is 2. The van der Waals surface area contributed by atoms with Gasteiger partial charge in [0.2, 0.25) is 0 Å². The molecule has 0 unspecified atom stereocenters. The molecule has 0 spiro atoms. The first-order valence-corrected chi connectivity index (χ1v) is 7.26. The Labute approximate surface area is 128 Å². The number of para-hydroxylation sites is 1. The Balaban J connectivity index is 1.98. The van der Waals surface area contributed by atoms with Gasteiger partial charge in [0.25, 0.3) is 0 Å². The minimum atomic E-state index is 0.672. The largest absolute Gasteiger partial charge is 0.399 e. The monoisotopic (exact) mass is 297 g/mol. The number of hydrogen-bond acceptors (Lipinski definition) is 2. The predicted molar refractivity (Wildman–Crippen MR) is 90.3 cm³/mol. The van der Waals surface area contributed by atoms with Crippen molar-refractivity contribution in [1.29, 1.82) is 0 Å². The maximum absolute atomic E-state index is 6.15. The van der Waals surface area contributed by atoms with E-state index in [9.17, 15) is 0 Å². The molecule has 0 aliphatic heterocycles. The Bertz CT molecular complexity index is 818. The van der Waals surface area contributed by atoms with Crippen LogP contribution in [0.5, 0.6) is 0 Å². The van der Waals surface area contributed by atoms with Crippen LogP contribution in [-0.2, 0) is 6.42 Å². The molecule has 3 nitrogen and oxygen atoms in total. The second kappa shape index (κ2) is 5.62. The molecule has 21 heavy (non-hydrogen) atoms. The van der Waals surface area contributed by atoms with Crippen molar-refractivity contribution in [1.82, 2.24) is 9.97 Å². The molecule has 0 fully saturated rings. The van der Waals surface area contributed by atoms with Gasteiger partial charge in [-0.1, -0.05) is 30.7 Å². The Morgan fingerprint density at radius 2 is 2.10 bits per heavy atom. The normalized spacial score (nSPS) is 11.5. The quantitative estimate of drug-likeness (QED) is 0.698. The SMILES string of the molecule is CCc1cccc2[nH]c(/C=C/c3cc(N)ccc3Cl)nc12. The first kappa shape index (κ1) is 13.7. The van der Waals surface area contributed by atoms with Gasteiger partial charge in [-0.05, 0) is 54.0 Å². The number of aromatic amines is 1. The van der Waals surface area contributed by atoms with Crippen molar-refractivity contribution in [2.45, 2.75) is 13.3 Å². The summed E-state index contributed by atoms with van der Waals surface area (Å²) in [5, 5.41) is 0.672. The zero-order valence-corrected chi connectivity index (χ0v) is 12.5. The first-order valence-electron chi connectivity index (χ1n) is 6.88. The number of halogens is 1. The van der Waals surface area contributed by atoms with Gasteiger partial charge in [-0.3, -0.25) is 0 Å². The molecule has 3 rings (SSSR count). The third kappa shape index (κ3) is 2.78. The average molecular weight is 298 g/mol. The van der Waals surface area contributed by atoms with Crippen LogP contribution < -0.4 is 5.73 Å². The van der Waals surface area contributed by atoms with Crippen LogP contribution in [0.3, 0.4) is 0 Å². The molecule has 4 heteroatoms. The van der Waals surface area contributed by atoms with Gasteiger partial charge in [0, 0.05) is 10.7 Å². The molecule has 0 bridgehead atoms. The van der Waals surface area contributed by atoms with Gasteiger partial charge < -0.3 is 10.7 Å². The van der Waals surface area contributed by atoms with E-state index in [4.69, 9.17) is 17.3 Å². The molecule has 0 aliphatic carbocycles. The van der Waals surface area contributed by atoms with E-state index in [0.717, 1.165) is 28.8 Å². The molecule has 0 saturated carbocycles. The standard InChI is InChI=1S/C17H16ClN3/c1-2-11-4-3-5-15-17(11)21-16(20-15)9-6-12-10-13(19)7-8-14(12)18/h3-10H,2,19H2,1H3,(H,20,21)/b9-6+. The fourth-order valence-corrected chi connectivity index (χ4v) is 2.51. The zero-order chi connectivity index (χ0) is 14.8. The average Bonchev–Trinajstić information content (AvgIpc) is 2.91. The van der Waals surface area contributed by atoms with Crippen LogP contribution in [0.2, 0.25) is 5.02 Å². The van der Waals surface area contributed by atoms with Crippen LogP contribution in [0.1, 0.15) is 23.9 Å². The molecule has 3 N–H and O–H groups in total. The maximum atomic E-state index is 6.15. The number of imidazole rings is 1. The third-order valence-corrected chi connectivity index (χ3v) is 3.78. The molecule has 1 heterocycles. The topological polar surface area (TPSA) is 54.7 Å². The summed E-state index contributed by atoms with van der Waals surface area (Å²) in [5.74, 6) is 0.810. The lowest BCUT2D eigenvalue weighted by atomic mass is 10.1. The number of aryl methyl sites for hydroxylation is 1. The minimum Gasteiger partial charge on any atom is -0.399 e. The zero-order valence-electron chi connectivity index (χ0n) is 11.7. The number of H-pyrrole nitrogens is 1. The van der Waals surface area contributed by atoms with E-state index >= 15 is 0 Å². The van der Waals surface area contributed by atoms with Crippen molar-refractivity contribution in [3.63, 3.8) is 0 Å². The smallest absolute Gasteiger partial charge is 0.131 e. The van der Waals surface area contributed by atoms with E-state index in [0.29, 0.717) is 10.7 Å². The molecular formula is C17H16ClN3. The molecule has 2 aromatic carbocycles. The highest BCUT2D eigenvalue weighted by molar-refractivity contribution is 6.32. The summed E-state index contributed by atoms with van der Waals surface area (Å²) in [6, 6.07) is 11.6. The van der Waals surface area contributed by atoms with E-state index in [1.807, 2.05) is 30.4 Å². The second-order valence-electron chi connectivity index (χ2n) is 4.90. The third-order valence-electron chi connectivity index (χ3n) is 3.44. The number of nitrogen functional groups attached to an aromatic ring is 1. The van der Waals surface area contributed by atoms with Crippen LogP contribution in [-0.4, -0.2) is 9.97 Å². The van der Waals surface area contributed by atoms with Crippen molar-refractivity contribution in [3.05, 3.63) is 58.4 Å². The predicted octanol–water partition coefficient (Wildman–Crippen LogP) is 4.53. The molecule has 0 atom stereocenters. The summed E-state index contributed by atoms with van der Waals surface area (Å²) in [4.78, 5) is 7.94. The highest BCUT2D eigenvalue weighted by atomic mass is 35.5. The van der Waals surface area contributed by atoms with Gasteiger partial charge in [-0.15, -0.1) is 0 Å². The summed E-state index contributed by atoms with van der Waals surface area (Å²) >= 11 is 6.15. The maximum Gasteiger partial charge on any atom is 0.131 e. The molecule has 106 valence electrons. The van der Waals surface area contributed by atoms with Crippen LogP contribution in [0.4, 0.5) is 5.69 Å². The van der Waals surface area contributed by atoms with Gasteiger partial charge >= 0.3 is 0 Å². The van der Waals surface area contributed by atoms with Crippen molar-refractivity contribution < 1.29 is 0 Å². The van der Waals surface area contributed by atoms with Crippen molar-refractivity contribution in [2.24, 2.45) is 0 Å². The summed E-state index contributed by atoms with van der Waals surface area (Å²) in [6.07, 6.45) is 4.80. The molecule has 0 amide bonds. The Hall–Kier alpha value is -2.26. The molecule has 0 aliphatic rings. The van der Waals surface area contributed by atoms with Crippen molar-refractivity contribution in [2.75, 3.05) is 5.73 Å². The van der Waals surface area contributed by atoms with Gasteiger partial charge in [0.1, 0.15) is 5.82 Å². The summed E-state index contributed by atoms with van der Waals surface area (Å²) in [5.41, 5.74) is 10.7. The lowest BCUT2D eigenvalue weighted by Crippen LogP contribution is -1.85. The Morgan fingerprint density at radius 3 is 2.90 bits per heavy atom. The number of anilines is 1. The molecule has 3 aromatic rings. The summed E-state index contributed by atoms with van der Waals surface area (Å²) in [7, 11) is 0. The molecule has 0 radical (unpaired) electrons. The van der Waals surface area contributed by atoms with E-state index in [-0.39, 0.29) is 0 Å². The van der Waals surface area contributed by atoms with E-state index in [1.54, 1.807) is 12.1 Å². The van der Waals surface area contributed by atoms with Crippen LogP contribution in [0.15, 0.2) is 36.4 Å². The summed E-state index contributed by atoms with van der Waals surface area (Å²) < 4.78 is 0. The van der Waals surface area contributed by atoms with Gasteiger partial charge in [-0.2, -0.15) is 0 Å². The molecular weight excluding hydrogens is 282 g/mol. The van der Waals surface area contributed by atoms with E-state index in [2.05, 4.69) is 23.0 Å². The number of rotatable bonds is 3. The first-order chi connectivity index (χ1) is 10.2. The number of aromatic nitrogens is 2. The Kier molecular flexibility index (Phi) is 3.67. The minimum absolute atomic E-state index is 0.672. The van der Waals surface area contributed by atoms with Crippen LogP contribution in [0, 0.1) is 0 Å². The van der Waals surface area contributed by atoms with Gasteiger partial charge in [-0.25, -0.2) is 4.98 Å². The number of nitrogens with one attached hydrogen (secondary N) is 1. The van der Waals surface area contributed by atoms with Gasteiger partial charge in [0.05, 0.1) is 11.0 Å². The van der Waals surface area contributed by atoms with Crippen LogP contribution >= 0.6 is 11.6 Å². The van der Waals surface area contributed by atoms with Crippen molar-refractivity contribution >= 4 is 40.5 Å². The van der Waals surface area contributed by atoms with Gasteiger partial charge in [0.15, 0.2) is 0 Å². The fourth-order valence-electron chi connectivity index (χ4n) is 2.33. The lowest BCUT2D eigenvalue weighted by Gasteiger charge is -1.99. The number of benzene rings is 2. The summed E-state index contributed by atoms with van der Waals surface area (Å²) in [6.45, 7) is 2.13. The number of nitrogens with zero attached hydrogens (tertiary/aromatic N) is 1. The van der Waals surface area contributed by atoms with Crippen LogP contribution in [0.25, 0.3) is 23.2 Å². The van der Waals surface area contributed by atoms with Crippen molar-refractivity contribution in [3.8, 4) is 0 Å². The molecule has 0 saturated heterocycles. The highest BCUT2D eigenvalue weighted by Crippen LogP contribution is 2.22. The number of fused-ring (bicyclic) bond motifs is 1. The lowest BCUT2D eigenvalue weighted by molar-refractivity contribution is 1.15. The second-order valence-corrected chi connectivity index (χ2v) is 5.31. The number of nitrogens with two attached hydrogens (primary N) is 1. The Morgan fingerprint density at radius 1 is 1.24 bits per heavy atom.